The maximum absolute atomic E-state index is 12.8. The second-order valence-electron chi connectivity index (χ2n) is 19.8. The highest BCUT2D eigenvalue weighted by Crippen LogP contribution is 2.29. The van der Waals surface area contributed by atoms with Crippen molar-refractivity contribution in [1.29, 1.82) is 0 Å². The molecule has 0 aliphatic rings. The standard InChI is InChI=1S/C31H41F3N2O4.C30H42N2O4/c1-3-4-5-6-7-8-9-10-11-12-21-35(2)28(37)26-17-13-24(14-18-26)22-36(29(38)30(39)40)23-25-15-19-27(20-16-25)31(32,33)34;1-3-4-5-6-7-8-9-10-11-15-22-31(2)28(33)27-20-18-26(19-21-27)24-32(29(34)30(35)36)23-25-16-13-12-14-17-25/h13-20H,3-12,21-23H2,1-2H3,(H,39,40);12-14,16-21H,3-11,15,22-24H2,1-2H3,(H,35,36). The van der Waals surface area contributed by atoms with Crippen LogP contribution in [-0.2, 0) is 51.5 Å². The van der Waals surface area contributed by atoms with Gasteiger partial charge in [-0.05, 0) is 71.5 Å². The second-order valence-corrected chi connectivity index (χ2v) is 19.8. The topological polar surface area (TPSA) is 156 Å². The summed E-state index contributed by atoms with van der Waals surface area (Å²) in [5, 5.41) is 18.4. The largest absolute Gasteiger partial charge is 0.474 e. The van der Waals surface area contributed by atoms with Crippen LogP contribution in [0.2, 0.25) is 0 Å². The van der Waals surface area contributed by atoms with Gasteiger partial charge in [0.05, 0.1) is 5.56 Å². The predicted molar refractivity (Wildman–Crippen MR) is 292 cm³/mol. The molecule has 0 saturated heterocycles. The second kappa shape index (κ2) is 35.7. The molecule has 4 aromatic rings. The lowest BCUT2D eigenvalue weighted by atomic mass is 10.1. The Balaban J connectivity index is 0.000000402. The molecule has 0 bridgehead atoms. The molecule has 15 heteroatoms. The third kappa shape index (κ3) is 24.9. The SMILES string of the molecule is CCCCCCCCCCCCN(C)C(=O)c1ccc(CN(Cc2ccc(C(F)(F)F)cc2)C(=O)C(=O)O)cc1.CCCCCCCCCCCCN(C)C(=O)c1ccc(CN(Cc2ccccc2)C(=O)C(=O)O)cc1. The summed E-state index contributed by atoms with van der Waals surface area (Å²) >= 11 is 0. The van der Waals surface area contributed by atoms with Crippen LogP contribution >= 0.6 is 0 Å². The molecule has 0 saturated carbocycles. The Morgan fingerprint density at radius 1 is 0.395 bits per heavy atom. The minimum atomic E-state index is -4.49. The number of hydrogen-bond acceptors (Lipinski definition) is 6. The van der Waals surface area contributed by atoms with Crippen LogP contribution in [0.4, 0.5) is 13.2 Å². The maximum Gasteiger partial charge on any atom is 0.416 e. The molecule has 0 heterocycles. The van der Waals surface area contributed by atoms with E-state index in [4.69, 9.17) is 0 Å². The van der Waals surface area contributed by atoms with E-state index in [0.717, 1.165) is 60.4 Å². The molecule has 0 atom stereocenters. The third-order valence-electron chi connectivity index (χ3n) is 13.3. The first-order valence-corrected chi connectivity index (χ1v) is 27.4. The molecule has 0 unspecified atom stereocenters. The molecule has 0 aromatic heterocycles. The lowest BCUT2D eigenvalue weighted by Gasteiger charge is -2.22. The van der Waals surface area contributed by atoms with E-state index < -0.39 is 35.5 Å². The average Bonchev–Trinajstić information content (AvgIpc) is 3.41. The number of nitrogens with zero attached hydrogens (tertiary/aromatic N) is 4. The molecule has 4 aromatic carbocycles. The van der Waals surface area contributed by atoms with Gasteiger partial charge in [0.25, 0.3) is 11.8 Å². The Bertz CT molecular complexity index is 2330. The molecule has 2 N–H and O–H groups in total. The zero-order chi connectivity index (χ0) is 55.7. The highest BCUT2D eigenvalue weighted by Gasteiger charge is 2.30. The van der Waals surface area contributed by atoms with Gasteiger partial charge >= 0.3 is 29.9 Å². The third-order valence-corrected chi connectivity index (χ3v) is 13.3. The number of amides is 4. The van der Waals surface area contributed by atoms with Crippen molar-refractivity contribution in [2.45, 2.75) is 175 Å². The van der Waals surface area contributed by atoms with Crippen molar-refractivity contribution in [3.63, 3.8) is 0 Å². The number of aliphatic carboxylic acids is 2. The maximum atomic E-state index is 12.8. The number of carboxylic acids is 2. The average molecular weight is 1060 g/mol. The lowest BCUT2D eigenvalue weighted by molar-refractivity contribution is -0.156. The van der Waals surface area contributed by atoms with Gasteiger partial charge in [0.2, 0.25) is 0 Å². The molecular weight excluding hydrogens is 974 g/mol. The van der Waals surface area contributed by atoms with E-state index in [9.17, 15) is 52.2 Å². The van der Waals surface area contributed by atoms with Crippen LogP contribution < -0.4 is 0 Å². The number of halogens is 3. The summed E-state index contributed by atoms with van der Waals surface area (Å²) in [7, 11) is 3.60. The summed E-state index contributed by atoms with van der Waals surface area (Å²) < 4.78 is 38.5. The number of carboxylic acid groups (broad SMARTS) is 2. The van der Waals surface area contributed by atoms with Gasteiger partial charge in [0.15, 0.2) is 0 Å². The highest BCUT2D eigenvalue weighted by atomic mass is 19.4. The minimum Gasteiger partial charge on any atom is -0.474 e. The van der Waals surface area contributed by atoms with Crippen molar-refractivity contribution in [2.24, 2.45) is 0 Å². The van der Waals surface area contributed by atoms with Gasteiger partial charge in [0.1, 0.15) is 0 Å². The number of unbranched alkanes of at least 4 members (excludes halogenated alkanes) is 18. The van der Waals surface area contributed by atoms with Crippen LogP contribution in [0.3, 0.4) is 0 Å². The van der Waals surface area contributed by atoms with E-state index in [2.05, 4.69) is 13.8 Å². The minimum absolute atomic E-state index is 0.0276. The number of alkyl halides is 3. The molecule has 12 nitrogen and oxygen atoms in total. The number of carbonyl (C=O) groups is 6. The van der Waals surface area contributed by atoms with E-state index in [1.165, 1.54) is 120 Å². The van der Waals surface area contributed by atoms with Crippen molar-refractivity contribution < 1.29 is 52.2 Å². The van der Waals surface area contributed by atoms with Gasteiger partial charge in [-0.1, -0.05) is 196 Å². The van der Waals surface area contributed by atoms with Crippen LogP contribution in [0.15, 0.2) is 103 Å². The zero-order valence-corrected chi connectivity index (χ0v) is 45.5. The van der Waals surface area contributed by atoms with Crippen LogP contribution in [0.25, 0.3) is 0 Å². The first-order chi connectivity index (χ1) is 36.4. The number of rotatable bonds is 32. The Kier molecular flexibility index (Phi) is 30.0. The van der Waals surface area contributed by atoms with Crippen molar-refractivity contribution in [1.82, 2.24) is 19.6 Å². The van der Waals surface area contributed by atoms with Gasteiger partial charge in [-0.2, -0.15) is 13.2 Å². The fraction of sp³-hybridized carbons (Fsp3) is 0.508. The van der Waals surface area contributed by atoms with Crippen LogP contribution in [0.1, 0.15) is 191 Å². The van der Waals surface area contributed by atoms with E-state index in [1.54, 1.807) is 65.4 Å². The normalized spacial score (nSPS) is 11.0. The Hall–Kier alpha value is -6.51. The van der Waals surface area contributed by atoms with E-state index in [-0.39, 0.29) is 38.0 Å². The van der Waals surface area contributed by atoms with Crippen molar-refractivity contribution >= 4 is 35.6 Å². The van der Waals surface area contributed by atoms with Gasteiger partial charge in [-0.3, -0.25) is 19.2 Å². The van der Waals surface area contributed by atoms with Gasteiger partial charge < -0.3 is 29.8 Å². The Morgan fingerprint density at radius 3 is 0.961 bits per heavy atom. The van der Waals surface area contributed by atoms with Crippen molar-refractivity contribution in [3.8, 4) is 0 Å². The molecule has 416 valence electrons. The molecule has 4 rings (SSSR count). The molecule has 0 aliphatic heterocycles. The van der Waals surface area contributed by atoms with Crippen LogP contribution in [-0.4, -0.2) is 92.6 Å². The zero-order valence-electron chi connectivity index (χ0n) is 45.5. The smallest absolute Gasteiger partial charge is 0.416 e. The highest BCUT2D eigenvalue weighted by molar-refractivity contribution is 6.31. The van der Waals surface area contributed by atoms with E-state index in [1.807, 2.05) is 37.4 Å². The van der Waals surface area contributed by atoms with Crippen molar-refractivity contribution in [3.05, 3.63) is 142 Å². The summed E-state index contributed by atoms with van der Waals surface area (Å²) in [6, 6.07) is 27.1. The van der Waals surface area contributed by atoms with E-state index >= 15 is 0 Å². The molecule has 0 fully saturated rings. The molecule has 0 aliphatic carbocycles. The van der Waals surface area contributed by atoms with Crippen LogP contribution in [0, 0.1) is 0 Å². The first kappa shape index (κ1) is 63.8. The molecule has 0 radical (unpaired) electrons. The van der Waals surface area contributed by atoms with E-state index in [0.29, 0.717) is 28.8 Å². The summed E-state index contributed by atoms with van der Waals surface area (Å²) in [5.74, 6) is -5.41. The van der Waals surface area contributed by atoms with Crippen LogP contribution in [0.5, 0.6) is 0 Å². The summed E-state index contributed by atoms with van der Waals surface area (Å²) in [6.07, 6.45) is 20.3. The molecular formula is C61H83F3N4O8. The van der Waals surface area contributed by atoms with Gasteiger partial charge in [0, 0.05) is 64.5 Å². The summed E-state index contributed by atoms with van der Waals surface area (Å²) in [4.78, 5) is 78.5. The lowest BCUT2D eigenvalue weighted by Crippen LogP contribution is -2.35. The van der Waals surface area contributed by atoms with Crippen molar-refractivity contribution in [2.75, 3.05) is 27.2 Å². The number of hydrogen-bond donors (Lipinski definition) is 2. The quantitative estimate of drug-likeness (QED) is 0.0362. The monoisotopic (exact) mass is 1060 g/mol. The Morgan fingerprint density at radius 2 is 0.671 bits per heavy atom. The van der Waals surface area contributed by atoms with Gasteiger partial charge in [-0.15, -0.1) is 0 Å². The summed E-state index contributed by atoms with van der Waals surface area (Å²) in [6.45, 7) is 5.96. The molecule has 4 amide bonds. The fourth-order valence-electron chi connectivity index (χ4n) is 8.76. The fourth-order valence-corrected chi connectivity index (χ4v) is 8.76. The molecule has 0 spiro atoms. The number of benzene rings is 4. The number of carbonyl (C=O) groups excluding carboxylic acids is 4. The van der Waals surface area contributed by atoms with Gasteiger partial charge in [-0.25, -0.2) is 9.59 Å². The summed E-state index contributed by atoms with van der Waals surface area (Å²) in [5.41, 5.74) is 2.83. The first-order valence-electron chi connectivity index (χ1n) is 27.4. The predicted octanol–water partition coefficient (Wildman–Crippen LogP) is 13.6. The molecule has 76 heavy (non-hydrogen) atoms. The Labute approximate surface area is 449 Å².